The average molecular weight is 198 g/mol. The Morgan fingerprint density at radius 3 is 3.21 bits per heavy atom. The molecular weight excluding hydrogens is 184 g/mol. The van der Waals surface area contributed by atoms with Crippen LogP contribution in [0.1, 0.15) is 6.42 Å². The third-order valence-corrected chi connectivity index (χ3v) is 1.74. The van der Waals surface area contributed by atoms with Crippen molar-refractivity contribution in [1.29, 1.82) is 0 Å². The van der Waals surface area contributed by atoms with Gasteiger partial charge >= 0.3 is 0 Å². The summed E-state index contributed by atoms with van der Waals surface area (Å²) in [6, 6.07) is -0.551. The summed E-state index contributed by atoms with van der Waals surface area (Å²) in [4.78, 5) is 11.4. The van der Waals surface area contributed by atoms with Gasteiger partial charge in [0.2, 0.25) is 5.91 Å². The number of carbonyl (C=O) groups is 1. The van der Waals surface area contributed by atoms with Gasteiger partial charge in [-0.1, -0.05) is 0 Å². The monoisotopic (exact) mass is 198 g/mol. The van der Waals surface area contributed by atoms with E-state index in [1.54, 1.807) is 13.3 Å². The number of H-pyrrole nitrogens is 1. The molecule has 1 rings (SSSR count). The predicted molar refractivity (Wildman–Crippen MR) is 51.7 cm³/mol. The van der Waals surface area contributed by atoms with Crippen LogP contribution in [0.4, 0.5) is 5.69 Å². The first-order valence-electron chi connectivity index (χ1n) is 4.28. The molecule has 1 unspecified atom stereocenters. The maximum atomic E-state index is 11.4. The Hall–Kier alpha value is -1.40. The molecule has 1 amide bonds. The third kappa shape index (κ3) is 3.15. The van der Waals surface area contributed by atoms with Crippen molar-refractivity contribution < 1.29 is 9.53 Å². The molecule has 0 saturated carbocycles. The van der Waals surface area contributed by atoms with E-state index in [2.05, 4.69) is 15.5 Å². The summed E-state index contributed by atoms with van der Waals surface area (Å²) in [5, 5.41) is 8.90. The highest BCUT2D eigenvalue weighted by Crippen LogP contribution is 2.02. The second kappa shape index (κ2) is 5.36. The first kappa shape index (κ1) is 10.7. The van der Waals surface area contributed by atoms with Gasteiger partial charge in [-0.05, 0) is 6.42 Å². The summed E-state index contributed by atoms with van der Waals surface area (Å²) in [7, 11) is 1.57. The molecule has 1 aromatic rings. The fourth-order valence-corrected chi connectivity index (χ4v) is 0.930. The standard InChI is InChI=1S/C8H14N4O2/c1-14-3-2-7(9)8(13)12-6-4-10-11-5-6/h4-5,7H,2-3,9H2,1H3,(H,10,11)(H,12,13). The van der Waals surface area contributed by atoms with Crippen LogP contribution in [0, 0.1) is 0 Å². The van der Waals surface area contributed by atoms with Gasteiger partial charge in [0.05, 0.1) is 17.9 Å². The van der Waals surface area contributed by atoms with E-state index in [0.29, 0.717) is 18.7 Å². The van der Waals surface area contributed by atoms with Gasteiger partial charge in [0.25, 0.3) is 0 Å². The highest BCUT2D eigenvalue weighted by Gasteiger charge is 2.13. The molecule has 1 atom stereocenters. The number of methoxy groups -OCH3 is 1. The Morgan fingerprint density at radius 1 is 1.86 bits per heavy atom. The second-order valence-electron chi connectivity index (χ2n) is 2.86. The van der Waals surface area contributed by atoms with Gasteiger partial charge in [-0.15, -0.1) is 0 Å². The van der Waals surface area contributed by atoms with Crippen LogP contribution in [0.15, 0.2) is 12.4 Å². The molecule has 0 radical (unpaired) electrons. The van der Waals surface area contributed by atoms with Crippen molar-refractivity contribution in [3.8, 4) is 0 Å². The number of nitrogens with one attached hydrogen (secondary N) is 2. The van der Waals surface area contributed by atoms with Crippen molar-refractivity contribution in [2.75, 3.05) is 19.0 Å². The summed E-state index contributed by atoms with van der Waals surface area (Å²) in [6.45, 7) is 0.472. The summed E-state index contributed by atoms with van der Waals surface area (Å²) in [5.74, 6) is -0.233. The third-order valence-electron chi connectivity index (χ3n) is 1.74. The average Bonchev–Trinajstić information content (AvgIpc) is 2.66. The number of aromatic nitrogens is 2. The van der Waals surface area contributed by atoms with Crippen LogP contribution in [0.25, 0.3) is 0 Å². The van der Waals surface area contributed by atoms with Crippen molar-refractivity contribution >= 4 is 11.6 Å². The van der Waals surface area contributed by atoms with E-state index in [-0.39, 0.29) is 5.91 Å². The molecule has 6 heteroatoms. The van der Waals surface area contributed by atoms with E-state index in [1.807, 2.05) is 0 Å². The lowest BCUT2D eigenvalue weighted by molar-refractivity contribution is -0.117. The molecule has 0 saturated heterocycles. The molecule has 1 heterocycles. The normalized spacial score (nSPS) is 12.4. The molecule has 78 valence electrons. The van der Waals surface area contributed by atoms with Crippen molar-refractivity contribution in [3.63, 3.8) is 0 Å². The van der Waals surface area contributed by atoms with Crippen LogP contribution >= 0.6 is 0 Å². The molecule has 0 aliphatic rings. The van der Waals surface area contributed by atoms with Gasteiger partial charge in [0, 0.05) is 19.9 Å². The lowest BCUT2D eigenvalue weighted by Gasteiger charge is -2.09. The minimum Gasteiger partial charge on any atom is -0.385 e. The van der Waals surface area contributed by atoms with Crippen LogP contribution in [0.3, 0.4) is 0 Å². The smallest absolute Gasteiger partial charge is 0.241 e. The highest BCUT2D eigenvalue weighted by molar-refractivity contribution is 5.94. The Bertz CT molecular complexity index is 273. The van der Waals surface area contributed by atoms with E-state index < -0.39 is 6.04 Å². The maximum Gasteiger partial charge on any atom is 0.241 e. The Labute approximate surface area is 81.8 Å². The SMILES string of the molecule is COCCC(N)C(=O)Nc1cn[nH]c1. The first-order chi connectivity index (χ1) is 6.74. The predicted octanol–water partition coefficient (Wildman–Crippen LogP) is -0.288. The highest BCUT2D eigenvalue weighted by atomic mass is 16.5. The first-order valence-corrected chi connectivity index (χ1v) is 4.28. The number of hydrogen-bond donors (Lipinski definition) is 3. The topological polar surface area (TPSA) is 93.0 Å². The Balaban J connectivity index is 2.34. The molecule has 14 heavy (non-hydrogen) atoms. The lowest BCUT2D eigenvalue weighted by Crippen LogP contribution is -2.36. The van der Waals surface area contributed by atoms with Gasteiger partial charge in [0.15, 0.2) is 0 Å². The zero-order chi connectivity index (χ0) is 10.4. The van der Waals surface area contributed by atoms with Gasteiger partial charge in [-0.25, -0.2) is 0 Å². The maximum absolute atomic E-state index is 11.4. The molecule has 0 aliphatic heterocycles. The molecule has 4 N–H and O–H groups in total. The largest absolute Gasteiger partial charge is 0.385 e. The molecule has 0 bridgehead atoms. The fraction of sp³-hybridized carbons (Fsp3) is 0.500. The number of amides is 1. The van der Waals surface area contributed by atoms with Crippen LogP contribution in [-0.4, -0.2) is 35.9 Å². The van der Waals surface area contributed by atoms with E-state index in [9.17, 15) is 4.79 Å². The van der Waals surface area contributed by atoms with Crippen LogP contribution in [0.2, 0.25) is 0 Å². The minimum absolute atomic E-state index is 0.233. The number of nitrogens with zero attached hydrogens (tertiary/aromatic N) is 1. The van der Waals surface area contributed by atoms with Crippen LogP contribution in [0.5, 0.6) is 0 Å². The molecule has 0 aromatic carbocycles. The zero-order valence-corrected chi connectivity index (χ0v) is 7.99. The number of nitrogens with two attached hydrogens (primary N) is 1. The van der Waals surface area contributed by atoms with E-state index in [4.69, 9.17) is 10.5 Å². The zero-order valence-electron chi connectivity index (χ0n) is 7.99. The van der Waals surface area contributed by atoms with Gasteiger partial charge in [-0.2, -0.15) is 5.10 Å². The van der Waals surface area contributed by atoms with Gasteiger partial charge < -0.3 is 15.8 Å². The summed E-state index contributed by atoms with van der Waals surface area (Å²) < 4.78 is 4.82. The van der Waals surface area contributed by atoms with Crippen molar-refractivity contribution in [2.24, 2.45) is 5.73 Å². The second-order valence-corrected chi connectivity index (χ2v) is 2.86. The fourth-order valence-electron chi connectivity index (χ4n) is 0.930. The Morgan fingerprint density at radius 2 is 2.64 bits per heavy atom. The minimum atomic E-state index is -0.551. The van der Waals surface area contributed by atoms with Crippen LogP contribution < -0.4 is 11.1 Å². The molecular formula is C8H14N4O2. The van der Waals surface area contributed by atoms with Gasteiger partial charge in [0.1, 0.15) is 0 Å². The molecule has 0 spiro atoms. The molecule has 1 aromatic heterocycles. The number of anilines is 1. The molecule has 0 aliphatic carbocycles. The Kier molecular flexibility index (Phi) is 4.09. The van der Waals surface area contributed by atoms with E-state index >= 15 is 0 Å². The summed E-state index contributed by atoms with van der Waals surface area (Å²) in [6.07, 6.45) is 3.60. The number of hydrogen-bond acceptors (Lipinski definition) is 4. The van der Waals surface area contributed by atoms with Crippen molar-refractivity contribution in [3.05, 3.63) is 12.4 Å². The molecule has 0 fully saturated rings. The summed E-state index contributed by atoms with van der Waals surface area (Å²) >= 11 is 0. The lowest BCUT2D eigenvalue weighted by atomic mass is 10.2. The van der Waals surface area contributed by atoms with E-state index in [1.165, 1.54) is 6.20 Å². The van der Waals surface area contributed by atoms with Gasteiger partial charge in [-0.3, -0.25) is 9.89 Å². The number of carbonyl (C=O) groups excluding carboxylic acids is 1. The number of rotatable bonds is 5. The van der Waals surface area contributed by atoms with E-state index in [0.717, 1.165) is 0 Å². The summed E-state index contributed by atoms with van der Waals surface area (Å²) in [5.41, 5.74) is 6.21. The molecule has 6 nitrogen and oxygen atoms in total. The number of aromatic amines is 1. The number of ether oxygens (including phenoxy) is 1. The van der Waals surface area contributed by atoms with Crippen molar-refractivity contribution in [2.45, 2.75) is 12.5 Å². The van der Waals surface area contributed by atoms with Crippen molar-refractivity contribution in [1.82, 2.24) is 10.2 Å². The quantitative estimate of drug-likeness (QED) is 0.606. The van der Waals surface area contributed by atoms with Crippen LogP contribution in [-0.2, 0) is 9.53 Å².